The molecule has 0 aliphatic carbocycles. The summed E-state index contributed by atoms with van der Waals surface area (Å²) in [5.74, 6) is 0.845. The molecule has 0 atom stereocenters. The summed E-state index contributed by atoms with van der Waals surface area (Å²) in [5, 5.41) is 14.5. The minimum absolute atomic E-state index is 0.214. The maximum absolute atomic E-state index is 13.3. The molecular weight excluding hydrogens is 570 g/mol. The van der Waals surface area contributed by atoms with Crippen molar-refractivity contribution in [3.8, 4) is 5.82 Å². The zero-order chi connectivity index (χ0) is 31.9. The molecule has 0 saturated carbocycles. The number of fused-ring (bicyclic) bond motifs is 2. The third-order valence-corrected chi connectivity index (χ3v) is 13.3. The zero-order valence-corrected chi connectivity index (χ0v) is 28.0. The summed E-state index contributed by atoms with van der Waals surface area (Å²) >= 11 is 0. The molecule has 234 valence electrons. The van der Waals surface area contributed by atoms with E-state index in [4.69, 9.17) is 9.41 Å². The zero-order valence-electron chi connectivity index (χ0n) is 27.0. The summed E-state index contributed by atoms with van der Waals surface area (Å²) in [6, 6.07) is 11.7. The SMILES string of the molecule is C=CCn1c(=O)c2cnc(Nc3ccc4c(c3)CCN(CCO[Si](C)(C)C(C)(C)C)C4)nc2n1-c1cccc(C(C)(C)O)n1. The van der Waals surface area contributed by atoms with Crippen LogP contribution in [0, 0.1) is 0 Å². The summed E-state index contributed by atoms with van der Waals surface area (Å²) in [5.41, 5.74) is 3.03. The predicted octanol–water partition coefficient (Wildman–Crippen LogP) is 5.51. The molecule has 0 spiro atoms. The van der Waals surface area contributed by atoms with Gasteiger partial charge in [-0.1, -0.05) is 39.0 Å². The molecule has 2 N–H and O–H groups in total. The molecule has 1 aromatic carbocycles. The molecule has 1 aliphatic rings. The van der Waals surface area contributed by atoms with E-state index in [-0.39, 0.29) is 17.1 Å². The van der Waals surface area contributed by atoms with Gasteiger partial charge in [-0.2, -0.15) is 4.98 Å². The van der Waals surface area contributed by atoms with Gasteiger partial charge in [0.15, 0.2) is 19.8 Å². The number of anilines is 2. The number of benzene rings is 1. The third-order valence-electron chi connectivity index (χ3n) is 8.79. The first-order valence-electron chi connectivity index (χ1n) is 15.2. The number of pyridine rings is 1. The van der Waals surface area contributed by atoms with Gasteiger partial charge in [0.25, 0.3) is 5.56 Å². The van der Waals surface area contributed by atoms with Crippen molar-refractivity contribution in [1.82, 2.24) is 29.2 Å². The fourth-order valence-electron chi connectivity index (χ4n) is 5.15. The van der Waals surface area contributed by atoms with Crippen LogP contribution in [0.25, 0.3) is 16.9 Å². The van der Waals surface area contributed by atoms with Crippen LogP contribution < -0.4 is 10.9 Å². The number of hydrogen-bond acceptors (Lipinski definition) is 8. The molecule has 11 heteroatoms. The van der Waals surface area contributed by atoms with E-state index in [0.717, 1.165) is 38.3 Å². The lowest BCUT2D eigenvalue weighted by Crippen LogP contribution is -2.43. The van der Waals surface area contributed by atoms with Gasteiger partial charge >= 0.3 is 0 Å². The van der Waals surface area contributed by atoms with Crippen LogP contribution in [-0.4, -0.2) is 62.3 Å². The highest BCUT2D eigenvalue weighted by molar-refractivity contribution is 6.74. The van der Waals surface area contributed by atoms with Gasteiger partial charge < -0.3 is 14.8 Å². The second kappa shape index (κ2) is 12.0. The van der Waals surface area contributed by atoms with Gasteiger partial charge in [0.1, 0.15) is 11.0 Å². The van der Waals surface area contributed by atoms with Crippen LogP contribution in [-0.2, 0) is 29.5 Å². The minimum Gasteiger partial charge on any atom is -0.416 e. The first kappa shape index (κ1) is 31.8. The van der Waals surface area contributed by atoms with Crippen LogP contribution >= 0.6 is 0 Å². The highest BCUT2D eigenvalue weighted by atomic mass is 28.4. The molecule has 4 aromatic rings. The number of aromatic nitrogens is 5. The lowest BCUT2D eigenvalue weighted by atomic mass is 9.99. The van der Waals surface area contributed by atoms with Gasteiger partial charge in [-0.3, -0.25) is 9.69 Å². The van der Waals surface area contributed by atoms with Gasteiger partial charge in [0, 0.05) is 38.1 Å². The maximum Gasteiger partial charge on any atom is 0.278 e. The van der Waals surface area contributed by atoms with Crippen molar-refractivity contribution >= 4 is 31.0 Å². The number of hydrogen-bond donors (Lipinski definition) is 2. The monoisotopic (exact) mass is 615 g/mol. The Morgan fingerprint density at radius 2 is 1.89 bits per heavy atom. The average molecular weight is 616 g/mol. The number of allylic oxidation sites excluding steroid dienone is 1. The van der Waals surface area contributed by atoms with Crippen LogP contribution in [0.1, 0.15) is 51.4 Å². The molecule has 10 nitrogen and oxygen atoms in total. The van der Waals surface area contributed by atoms with Crippen LogP contribution in [0.4, 0.5) is 11.6 Å². The summed E-state index contributed by atoms with van der Waals surface area (Å²) in [7, 11) is -1.75. The van der Waals surface area contributed by atoms with Gasteiger partial charge in [0.2, 0.25) is 5.95 Å². The summed E-state index contributed by atoms with van der Waals surface area (Å²) in [6.07, 6.45) is 4.15. The van der Waals surface area contributed by atoms with Crippen LogP contribution in [0.3, 0.4) is 0 Å². The molecule has 44 heavy (non-hydrogen) atoms. The van der Waals surface area contributed by atoms with E-state index in [1.54, 1.807) is 49.0 Å². The first-order chi connectivity index (χ1) is 20.7. The minimum atomic E-state index is -1.75. The molecular formula is C33H45N7O3Si. The van der Waals surface area contributed by atoms with E-state index >= 15 is 0 Å². The third kappa shape index (κ3) is 6.56. The molecule has 5 rings (SSSR count). The highest BCUT2D eigenvalue weighted by Crippen LogP contribution is 2.36. The Hall–Kier alpha value is -3.64. The molecule has 0 saturated heterocycles. The second-order valence-corrected chi connectivity index (χ2v) is 18.4. The highest BCUT2D eigenvalue weighted by Gasteiger charge is 2.37. The fourth-order valence-corrected chi connectivity index (χ4v) is 6.18. The summed E-state index contributed by atoms with van der Waals surface area (Å²) < 4.78 is 9.60. The average Bonchev–Trinajstić information content (AvgIpc) is 3.22. The Kier molecular flexibility index (Phi) is 8.69. The van der Waals surface area contributed by atoms with E-state index in [2.05, 4.69) is 72.8 Å². The van der Waals surface area contributed by atoms with Gasteiger partial charge in [0.05, 0.1) is 12.2 Å². The van der Waals surface area contributed by atoms with Gasteiger partial charge in [-0.05, 0) is 73.8 Å². The van der Waals surface area contributed by atoms with Crippen LogP contribution in [0.15, 0.2) is 60.0 Å². The Labute approximate surface area is 260 Å². The molecule has 0 radical (unpaired) electrons. The van der Waals surface area contributed by atoms with E-state index in [1.807, 2.05) is 6.07 Å². The Balaban J connectivity index is 1.36. The number of nitrogens with one attached hydrogen (secondary N) is 1. The van der Waals surface area contributed by atoms with Crippen LogP contribution in [0.2, 0.25) is 18.1 Å². The van der Waals surface area contributed by atoms with E-state index in [9.17, 15) is 9.90 Å². The molecule has 3 aromatic heterocycles. The smallest absolute Gasteiger partial charge is 0.278 e. The summed E-state index contributed by atoms with van der Waals surface area (Å²) in [4.78, 5) is 29.7. The van der Waals surface area contributed by atoms with Crippen molar-refractivity contribution < 1.29 is 9.53 Å². The van der Waals surface area contributed by atoms with E-state index in [1.165, 1.54) is 15.8 Å². The topological polar surface area (TPSA) is 110 Å². The van der Waals surface area contributed by atoms with Crippen molar-refractivity contribution in [2.75, 3.05) is 25.0 Å². The lowest BCUT2D eigenvalue weighted by Gasteiger charge is -2.37. The van der Waals surface area contributed by atoms with Crippen molar-refractivity contribution in [1.29, 1.82) is 0 Å². The van der Waals surface area contributed by atoms with Gasteiger partial charge in [-0.25, -0.2) is 19.3 Å². The Morgan fingerprint density at radius 3 is 2.59 bits per heavy atom. The van der Waals surface area contributed by atoms with Crippen molar-refractivity contribution in [3.05, 3.63) is 82.4 Å². The molecule has 4 heterocycles. The maximum atomic E-state index is 13.3. The first-order valence-corrected chi connectivity index (χ1v) is 18.1. The quantitative estimate of drug-likeness (QED) is 0.177. The molecule has 1 aliphatic heterocycles. The predicted molar refractivity (Wildman–Crippen MR) is 178 cm³/mol. The second-order valence-electron chi connectivity index (χ2n) is 13.6. The Bertz CT molecular complexity index is 1730. The number of rotatable bonds is 10. The molecule has 0 amide bonds. The van der Waals surface area contributed by atoms with Crippen molar-refractivity contribution in [2.24, 2.45) is 0 Å². The summed E-state index contributed by atoms with van der Waals surface area (Å²) in [6.45, 7) is 22.4. The fraction of sp³-hybridized carbons (Fsp3) is 0.455. The normalized spacial score (nSPS) is 14.5. The van der Waals surface area contributed by atoms with Crippen molar-refractivity contribution in [2.45, 2.75) is 77.9 Å². The largest absolute Gasteiger partial charge is 0.416 e. The molecule has 0 fully saturated rings. The van der Waals surface area contributed by atoms with E-state index < -0.39 is 13.9 Å². The van der Waals surface area contributed by atoms with E-state index in [0.29, 0.717) is 28.5 Å². The number of aliphatic hydroxyl groups is 1. The van der Waals surface area contributed by atoms with Gasteiger partial charge in [-0.15, -0.1) is 6.58 Å². The van der Waals surface area contributed by atoms with Crippen molar-refractivity contribution in [3.63, 3.8) is 0 Å². The molecule has 0 unspecified atom stereocenters. The standard InChI is InChI=1S/C33H45N7O3Si/c1-9-16-39-30(41)26-21-34-31(37-29(26)40(39)28-12-10-11-27(36-28)33(5,6)42)35-25-14-13-24-22-38(17-15-23(24)20-25)18-19-43-44(7,8)32(2,3)4/h9-14,20-21,42H,1,15-19,22H2,2-8H3,(H,34,35,37). The molecule has 0 bridgehead atoms. The Morgan fingerprint density at radius 1 is 1.11 bits per heavy atom. The van der Waals surface area contributed by atoms with Crippen LogP contribution in [0.5, 0.6) is 0 Å². The lowest BCUT2D eigenvalue weighted by molar-refractivity contribution is 0.0738. The number of nitrogens with zero attached hydrogens (tertiary/aromatic N) is 6.